The van der Waals surface area contributed by atoms with E-state index in [1.54, 1.807) is 54.6 Å². The lowest BCUT2D eigenvalue weighted by Gasteiger charge is -2.11. The van der Waals surface area contributed by atoms with Crippen LogP contribution in [0.1, 0.15) is 0 Å². The van der Waals surface area contributed by atoms with Crippen molar-refractivity contribution < 1.29 is 13.2 Å². The van der Waals surface area contributed by atoms with Crippen LogP contribution in [0.3, 0.4) is 0 Å². The van der Waals surface area contributed by atoms with E-state index in [4.69, 9.17) is 4.74 Å². The van der Waals surface area contributed by atoms with Crippen LogP contribution in [0.15, 0.2) is 93.9 Å². The molecule has 0 bridgehead atoms. The monoisotopic (exact) mass is 459 g/mol. The second-order valence-electron chi connectivity index (χ2n) is 7.55. The van der Waals surface area contributed by atoms with Crippen LogP contribution in [0, 0.1) is 0 Å². The third-order valence-electron chi connectivity index (χ3n) is 5.31. The van der Waals surface area contributed by atoms with Crippen molar-refractivity contribution in [3.63, 3.8) is 0 Å². The highest BCUT2D eigenvalue weighted by Gasteiger charge is 2.18. The minimum absolute atomic E-state index is 0.227. The minimum Gasteiger partial charge on any atom is -0.463 e. The van der Waals surface area contributed by atoms with E-state index in [1.807, 2.05) is 30.1 Å². The topological polar surface area (TPSA) is 96.8 Å². The summed E-state index contributed by atoms with van der Waals surface area (Å²) in [6.07, 6.45) is 1.48. The molecule has 0 saturated carbocycles. The largest absolute Gasteiger partial charge is 0.463 e. The number of amidine groups is 1. The minimum atomic E-state index is -3.57. The van der Waals surface area contributed by atoms with Gasteiger partial charge in [0.25, 0.3) is 6.02 Å². The van der Waals surface area contributed by atoms with Crippen molar-refractivity contribution in [3.8, 4) is 0 Å². The molecule has 166 valence electrons. The summed E-state index contributed by atoms with van der Waals surface area (Å²) >= 11 is 0. The second kappa shape index (κ2) is 8.51. The number of hydrogen-bond acceptors (Lipinski definition) is 7. The number of aliphatic imine (C=N–C) groups is 1. The molecule has 3 aromatic carbocycles. The molecule has 0 spiro atoms. The molecule has 33 heavy (non-hydrogen) atoms. The van der Waals surface area contributed by atoms with Crippen LogP contribution in [0.2, 0.25) is 0 Å². The van der Waals surface area contributed by atoms with Crippen LogP contribution < -0.4 is 5.32 Å². The quantitative estimate of drug-likeness (QED) is 0.479. The number of hydrogen-bond donors (Lipinski definition) is 1. The highest BCUT2D eigenvalue weighted by molar-refractivity contribution is 7.91. The third-order valence-corrected chi connectivity index (χ3v) is 7.09. The van der Waals surface area contributed by atoms with Gasteiger partial charge < -0.3 is 15.0 Å². The molecular weight excluding hydrogens is 438 g/mol. The first kappa shape index (κ1) is 20.9. The Balaban J connectivity index is 1.44. The lowest BCUT2D eigenvalue weighted by molar-refractivity contribution is 0.352. The second-order valence-corrected chi connectivity index (χ2v) is 9.50. The van der Waals surface area contributed by atoms with Gasteiger partial charge in [0, 0.05) is 18.1 Å². The lowest BCUT2D eigenvalue weighted by atomic mass is 10.2. The summed E-state index contributed by atoms with van der Waals surface area (Å²) in [5.41, 5.74) is 2.20. The van der Waals surface area contributed by atoms with Crippen molar-refractivity contribution >= 4 is 44.0 Å². The average molecular weight is 460 g/mol. The molecule has 1 N–H and O–H groups in total. The normalized spacial score (nSPS) is 15.1. The molecule has 0 unspecified atom stereocenters. The van der Waals surface area contributed by atoms with Gasteiger partial charge in [0.15, 0.2) is 0 Å². The number of anilines is 2. The van der Waals surface area contributed by atoms with Crippen molar-refractivity contribution in [1.29, 1.82) is 0 Å². The Morgan fingerprint density at radius 1 is 0.970 bits per heavy atom. The first-order valence-corrected chi connectivity index (χ1v) is 11.8. The average Bonchev–Trinajstić information content (AvgIpc) is 3.24. The van der Waals surface area contributed by atoms with Crippen LogP contribution in [-0.4, -0.2) is 49.5 Å². The van der Waals surface area contributed by atoms with E-state index in [0.717, 1.165) is 23.1 Å². The Morgan fingerprint density at radius 2 is 1.73 bits per heavy atom. The molecule has 0 radical (unpaired) electrons. The van der Waals surface area contributed by atoms with E-state index in [9.17, 15) is 8.42 Å². The Labute approximate surface area is 191 Å². The molecule has 5 rings (SSSR count). The zero-order chi connectivity index (χ0) is 22.8. The predicted octanol–water partition coefficient (Wildman–Crippen LogP) is 4.16. The van der Waals surface area contributed by atoms with Crippen molar-refractivity contribution in [3.05, 3.63) is 79.1 Å². The van der Waals surface area contributed by atoms with Crippen molar-refractivity contribution in [2.24, 2.45) is 4.99 Å². The smallest absolute Gasteiger partial charge is 0.292 e. The highest BCUT2D eigenvalue weighted by atomic mass is 32.2. The van der Waals surface area contributed by atoms with Crippen LogP contribution in [0.25, 0.3) is 10.9 Å². The fourth-order valence-electron chi connectivity index (χ4n) is 3.51. The van der Waals surface area contributed by atoms with Crippen LogP contribution in [0.4, 0.5) is 17.2 Å². The summed E-state index contributed by atoms with van der Waals surface area (Å²) in [5, 5.41) is 4.05. The van der Waals surface area contributed by atoms with Crippen molar-refractivity contribution in [2.75, 3.05) is 25.5 Å². The fourth-order valence-corrected chi connectivity index (χ4v) is 4.79. The summed E-state index contributed by atoms with van der Waals surface area (Å²) in [4.78, 5) is 15.7. The van der Waals surface area contributed by atoms with Gasteiger partial charge >= 0.3 is 0 Å². The predicted molar refractivity (Wildman–Crippen MR) is 127 cm³/mol. The summed E-state index contributed by atoms with van der Waals surface area (Å²) < 4.78 is 31.2. The number of ether oxygens (including phenoxy) is 1. The number of likely N-dealkylation sites (N-methyl/N-ethyl adjacent to an activating group) is 1. The van der Waals surface area contributed by atoms with E-state index >= 15 is 0 Å². The SMILES string of the molecule is CN1CCO/C1=N\c1ccc2ncnc(Nc3ccc(S(=O)(=O)c4ccccc4)cc3)c2c1. The molecule has 1 fully saturated rings. The number of nitrogens with one attached hydrogen (secondary N) is 1. The number of nitrogens with zero attached hydrogens (tertiary/aromatic N) is 4. The van der Waals surface area contributed by atoms with Gasteiger partial charge in [-0.2, -0.15) is 4.99 Å². The Bertz CT molecular complexity index is 1440. The molecule has 0 atom stereocenters. The number of benzene rings is 3. The lowest BCUT2D eigenvalue weighted by Crippen LogP contribution is -2.19. The van der Waals surface area contributed by atoms with Gasteiger partial charge in [0.05, 0.1) is 27.5 Å². The zero-order valence-corrected chi connectivity index (χ0v) is 18.7. The van der Waals surface area contributed by atoms with E-state index in [0.29, 0.717) is 24.1 Å². The summed E-state index contributed by atoms with van der Waals surface area (Å²) in [6, 6.07) is 21.2. The van der Waals surface area contributed by atoms with Crippen LogP contribution >= 0.6 is 0 Å². The maximum absolute atomic E-state index is 12.8. The Morgan fingerprint density at radius 3 is 2.45 bits per heavy atom. The van der Waals surface area contributed by atoms with Gasteiger partial charge in [0.2, 0.25) is 9.84 Å². The standard InChI is InChI=1S/C24H21N5O3S/c1-29-13-14-32-24(29)28-18-9-12-22-21(15-18)23(26-16-25-22)27-17-7-10-20(11-8-17)33(30,31)19-5-3-2-4-6-19/h2-12,15-16H,13-14H2,1H3,(H,25,26,27)/b28-24-. The molecule has 0 aliphatic carbocycles. The Hall–Kier alpha value is -3.98. The number of aromatic nitrogens is 2. The first-order valence-electron chi connectivity index (χ1n) is 10.4. The summed E-state index contributed by atoms with van der Waals surface area (Å²) in [7, 11) is -1.63. The molecule has 9 heteroatoms. The maximum atomic E-state index is 12.8. The summed E-state index contributed by atoms with van der Waals surface area (Å²) in [5.74, 6) is 0.599. The Kier molecular flexibility index (Phi) is 5.39. The van der Waals surface area contributed by atoms with Crippen LogP contribution in [0.5, 0.6) is 0 Å². The van der Waals surface area contributed by atoms with Gasteiger partial charge in [-0.05, 0) is 54.6 Å². The number of sulfone groups is 1. The van der Waals surface area contributed by atoms with Gasteiger partial charge in [-0.3, -0.25) is 0 Å². The van der Waals surface area contributed by atoms with E-state index in [-0.39, 0.29) is 9.79 Å². The van der Waals surface area contributed by atoms with E-state index in [1.165, 1.54) is 6.33 Å². The highest BCUT2D eigenvalue weighted by Crippen LogP contribution is 2.28. The molecule has 0 amide bonds. The molecule has 1 aromatic heterocycles. The van der Waals surface area contributed by atoms with Crippen molar-refractivity contribution in [2.45, 2.75) is 9.79 Å². The van der Waals surface area contributed by atoms with Gasteiger partial charge in [-0.15, -0.1) is 0 Å². The van der Waals surface area contributed by atoms with Gasteiger partial charge in [-0.25, -0.2) is 18.4 Å². The number of rotatable bonds is 5. The number of fused-ring (bicyclic) bond motifs is 1. The third kappa shape index (κ3) is 4.22. The fraction of sp³-hybridized carbons (Fsp3) is 0.125. The summed E-state index contributed by atoms with van der Waals surface area (Å²) in [6.45, 7) is 1.42. The van der Waals surface area contributed by atoms with Gasteiger partial charge in [0.1, 0.15) is 18.8 Å². The molecule has 2 heterocycles. The van der Waals surface area contributed by atoms with E-state index < -0.39 is 9.84 Å². The molecule has 1 aliphatic heterocycles. The zero-order valence-electron chi connectivity index (χ0n) is 17.8. The maximum Gasteiger partial charge on any atom is 0.292 e. The molecule has 4 aromatic rings. The first-order chi connectivity index (χ1) is 16.0. The molecule has 8 nitrogen and oxygen atoms in total. The van der Waals surface area contributed by atoms with Crippen molar-refractivity contribution in [1.82, 2.24) is 14.9 Å². The van der Waals surface area contributed by atoms with Gasteiger partial charge in [-0.1, -0.05) is 18.2 Å². The molecule has 1 aliphatic rings. The molecular formula is C24H21N5O3S. The molecule has 1 saturated heterocycles. The van der Waals surface area contributed by atoms with E-state index in [2.05, 4.69) is 20.3 Å². The van der Waals surface area contributed by atoms with Crippen LogP contribution in [-0.2, 0) is 14.6 Å².